The molecule has 16 heavy (non-hydrogen) atoms. The molecule has 1 saturated carbocycles. The zero-order chi connectivity index (χ0) is 11.8. The lowest BCUT2D eigenvalue weighted by atomic mass is 10.0. The van der Waals surface area contributed by atoms with Crippen molar-refractivity contribution in [1.82, 2.24) is 9.97 Å². The first-order valence-corrected chi connectivity index (χ1v) is 6.11. The van der Waals surface area contributed by atoms with Gasteiger partial charge in [-0.2, -0.15) is 0 Å². The zero-order valence-electron chi connectivity index (χ0n) is 10.5. The van der Waals surface area contributed by atoms with Gasteiger partial charge in [-0.3, -0.25) is 0 Å². The van der Waals surface area contributed by atoms with Crippen LogP contribution in [0.4, 0.5) is 0 Å². The molecule has 2 N–H and O–H groups in total. The van der Waals surface area contributed by atoms with Crippen LogP contribution in [0.15, 0.2) is 0 Å². The third kappa shape index (κ3) is 2.09. The molecule has 3 heteroatoms. The van der Waals surface area contributed by atoms with Gasteiger partial charge >= 0.3 is 0 Å². The Morgan fingerprint density at radius 3 is 2.19 bits per heavy atom. The van der Waals surface area contributed by atoms with Crippen molar-refractivity contribution in [1.29, 1.82) is 0 Å². The van der Waals surface area contributed by atoms with Crippen LogP contribution < -0.4 is 5.73 Å². The van der Waals surface area contributed by atoms with Crippen molar-refractivity contribution in [2.75, 3.05) is 6.54 Å². The van der Waals surface area contributed by atoms with E-state index in [0.29, 0.717) is 0 Å². The van der Waals surface area contributed by atoms with Crippen LogP contribution in [-0.4, -0.2) is 16.5 Å². The Balaban J connectivity index is 2.28. The van der Waals surface area contributed by atoms with Gasteiger partial charge in [-0.25, -0.2) is 9.97 Å². The molecule has 1 heterocycles. The Morgan fingerprint density at radius 1 is 1.19 bits per heavy atom. The van der Waals surface area contributed by atoms with Crippen LogP contribution in [0.1, 0.15) is 49.0 Å². The minimum atomic E-state index is 0.266. The smallest absolute Gasteiger partial charge is 0.134 e. The van der Waals surface area contributed by atoms with E-state index in [1.165, 1.54) is 18.4 Å². The summed E-state index contributed by atoms with van der Waals surface area (Å²) in [6.07, 6.45) is 4.48. The number of aryl methyl sites for hydroxylation is 2. The molecule has 0 unspecified atom stereocenters. The summed E-state index contributed by atoms with van der Waals surface area (Å²) in [5.74, 6) is 1.04. The topological polar surface area (TPSA) is 51.8 Å². The molecule has 0 atom stereocenters. The van der Waals surface area contributed by atoms with Gasteiger partial charge in [-0.1, -0.05) is 6.92 Å². The molecule has 0 amide bonds. The molecule has 1 aromatic heterocycles. The molecule has 0 radical (unpaired) electrons. The van der Waals surface area contributed by atoms with Crippen LogP contribution in [0.5, 0.6) is 0 Å². The third-order valence-corrected chi connectivity index (χ3v) is 3.59. The first-order valence-electron chi connectivity index (χ1n) is 6.11. The highest BCUT2D eigenvalue weighted by molar-refractivity contribution is 5.28. The van der Waals surface area contributed by atoms with Crippen molar-refractivity contribution in [2.24, 2.45) is 5.73 Å². The molecular weight excluding hydrogens is 198 g/mol. The van der Waals surface area contributed by atoms with E-state index in [1.54, 1.807) is 0 Å². The first kappa shape index (κ1) is 11.5. The largest absolute Gasteiger partial charge is 0.330 e. The summed E-state index contributed by atoms with van der Waals surface area (Å²) in [5, 5.41) is 0. The van der Waals surface area contributed by atoms with E-state index in [4.69, 9.17) is 5.73 Å². The van der Waals surface area contributed by atoms with E-state index >= 15 is 0 Å². The van der Waals surface area contributed by atoms with E-state index in [2.05, 4.69) is 30.7 Å². The van der Waals surface area contributed by atoms with E-state index < -0.39 is 0 Å². The van der Waals surface area contributed by atoms with Crippen LogP contribution in [-0.2, 0) is 11.8 Å². The van der Waals surface area contributed by atoms with Crippen LogP contribution in [0.2, 0.25) is 0 Å². The summed E-state index contributed by atoms with van der Waals surface area (Å²) >= 11 is 0. The lowest BCUT2D eigenvalue weighted by Gasteiger charge is -2.13. The van der Waals surface area contributed by atoms with Crippen molar-refractivity contribution in [2.45, 2.75) is 51.9 Å². The Hall–Kier alpha value is -0.960. The van der Waals surface area contributed by atoms with Crippen LogP contribution in [0.25, 0.3) is 0 Å². The summed E-state index contributed by atoms with van der Waals surface area (Å²) < 4.78 is 0. The molecule has 1 aliphatic carbocycles. The molecule has 1 fully saturated rings. The number of rotatable bonds is 4. The van der Waals surface area contributed by atoms with Gasteiger partial charge in [0.15, 0.2) is 0 Å². The van der Waals surface area contributed by atoms with E-state index in [9.17, 15) is 0 Å². The second-order valence-electron chi connectivity index (χ2n) is 5.15. The Bertz CT molecular complexity index is 371. The van der Waals surface area contributed by atoms with Crippen LogP contribution >= 0.6 is 0 Å². The zero-order valence-corrected chi connectivity index (χ0v) is 10.5. The standard InChI is InChI=1S/C13H21N3/c1-9-11(5-4-8-14)10(2)16-12(15-9)13(3)6-7-13/h4-8,14H2,1-3H3. The highest BCUT2D eigenvalue weighted by Crippen LogP contribution is 2.46. The molecule has 0 saturated heterocycles. The second kappa shape index (κ2) is 4.13. The first-order chi connectivity index (χ1) is 7.57. The summed E-state index contributed by atoms with van der Waals surface area (Å²) in [4.78, 5) is 9.34. The molecule has 0 aliphatic heterocycles. The predicted molar refractivity (Wildman–Crippen MR) is 65.5 cm³/mol. The maximum atomic E-state index is 5.54. The van der Waals surface area contributed by atoms with Crippen LogP contribution in [0.3, 0.4) is 0 Å². The Kier molecular flexibility index (Phi) is 2.98. The van der Waals surface area contributed by atoms with E-state index in [-0.39, 0.29) is 5.41 Å². The van der Waals surface area contributed by atoms with Gasteiger partial charge in [-0.05, 0) is 51.6 Å². The van der Waals surface area contributed by atoms with Gasteiger partial charge in [0.1, 0.15) is 5.82 Å². The monoisotopic (exact) mass is 219 g/mol. The van der Waals surface area contributed by atoms with Gasteiger partial charge in [0.05, 0.1) is 0 Å². The molecule has 2 rings (SSSR count). The predicted octanol–water partition coefficient (Wildman–Crippen LogP) is 2.04. The SMILES string of the molecule is Cc1nc(C2(C)CC2)nc(C)c1CCCN. The maximum Gasteiger partial charge on any atom is 0.134 e. The van der Waals surface area contributed by atoms with Gasteiger partial charge < -0.3 is 5.73 Å². The second-order valence-corrected chi connectivity index (χ2v) is 5.15. The van der Waals surface area contributed by atoms with Gasteiger partial charge in [0.2, 0.25) is 0 Å². The lowest BCUT2D eigenvalue weighted by Crippen LogP contribution is -2.13. The highest BCUT2D eigenvalue weighted by atomic mass is 14.9. The fourth-order valence-electron chi connectivity index (χ4n) is 2.06. The average Bonchev–Trinajstić information content (AvgIpc) is 2.96. The van der Waals surface area contributed by atoms with Crippen molar-refractivity contribution in [3.8, 4) is 0 Å². The quantitative estimate of drug-likeness (QED) is 0.843. The lowest BCUT2D eigenvalue weighted by molar-refractivity contribution is 0.685. The summed E-state index contributed by atoms with van der Waals surface area (Å²) in [6.45, 7) is 7.17. The number of hydrogen-bond donors (Lipinski definition) is 1. The number of hydrogen-bond acceptors (Lipinski definition) is 3. The van der Waals surface area contributed by atoms with Crippen molar-refractivity contribution < 1.29 is 0 Å². The van der Waals surface area contributed by atoms with Gasteiger partial charge in [0, 0.05) is 16.8 Å². The number of nitrogens with zero attached hydrogens (tertiary/aromatic N) is 2. The molecule has 1 aliphatic rings. The summed E-state index contributed by atoms with van der Waals surface area (Å²) in [7, 11) is 0. The normalized spacial score (nSPS) is 17.5. The average molecular weight is 219 g/mol. The molecule has 0 aromatic carbocycles. The van der Waals surface area contributed by atoms with Gasteiger partial charge in [-0.15, -0.1) is 0 Å². The fourth-order valence-corrected chi connectivity index (χ4v) is 2.06. The Labute approximate surface area is 97.5 Å². The van der Waals surface area contributed by atoms with E-state index in [0.717, 1.165) is 36.6 Å². The number of aromatic nitrogens is 2. The molecule has 88 valence electrons. The Morgan fingerprint density at radius 2 is 1.75 bits per heavy atom. The molecule has 0 spiro atoms. The minimum absolute atomic E-state index is 0.266. The number of nitrogens with two attached hydrogens (primary N) is 1. The molecule has 3 nitrogen and oxygen atoms in total. The molecular formula is C13H21N3. The van der Waals surface area contributed by atoms with Crippen molar-refractivity contribution >= 4 is 0 Å². The van der Waals surface area contributed by atoms with E-state index in [1.807, 2.05) is 0 Å². The minimum Gasteiger partial charge on any atom is -0.330 e. The maximum absolute atomic E-state index is 5.54. The van der Waals surface area contributed by atoms with Crippen molar-refractivity contribution in [3.05, 3.63) is 22.8 Å². The summed E-state index contributed by atoms with van der Waals surface area (Å²) in [5.41, 5.74) is 9.39. The van der Waals surface area contributed by atoms with Gasteiger partial charge in [0.25, 0.3) is 0 Å². The molecule has 0 bridgehead atoms. The highest BCUT2D eigenvalue weighted by Gasteiger charge is 2.42. The van der Waals surface area contributed by atoms with Crippen molar-refractivity contribution in [3.63, 3.8) is 0 Å². The fraction of sp³-hybridized carbons (Fsp3) is 0.692. The summed E-state index contributed by atoms with van der Waals surface area (Å²) in [6, 6.07) is 0. The molecule has 1 aromatic rings. The van der Waals surface area contributed by atoms with Crippen LogP contribution in [0, 0.1) is 13.8 Å². The third-order valence-electron chi connectivity index (χ3n) is 3.59.